The normalized spacial score (nSPS) is 17.6. The van der Waals surface area contributed by atoms with Gasteiger partial charge in [0.25, 0.3) is 0 Å². The quantitative estimate of drug-likeness (QED) is 0.771. The Bertz CT molecular complexity index is 841. The fraction of sp³-hybridized carbons (Fsp3) is 0.350. The molecule has 1 atom stereocenters. The number of aromatic nitrogens is 1. The molecule has 0 bridgehead atoms. The minimum Gasteiger partial charge on any atom is -0.353 e. The van der Waals surface area contributed by atoms with E-state index in [1.165, 1.54) is 12.1 Å². The molecular formula is C20H21F3N4O2. The highest BCUT2D eigenvalue weighted by Gasteiger charge is 2.32. The van der Waals surface area contributed by atoms with Gasteiger partial charge in [0.2, 0.25) is 11.8 Å². The standard InChI is InChI=1S/C20H21F3N4O2/c21-20(22,23)15-6-4-14(5-7-15)12-26-18(28)11-17-19(29)25-9-10-27(17)13-16-3-1-2-8-24-16/h1-8,17H,9-13H2,(H,25,29)(H,26,28). The zero-order chi connectivity index (χ0) is 20.9. The zero-order valence-corrected chi connectivity index (χ0v) is 15.6. The van der Waals surface area contributed by atoms with Crippen LogP contribution < -0.4 is 10.6 Å². The Kier molecular flexibility index (Phi) is 6.48. The number of piperazine rings is 1. The molecule has 0 radical (unpaired) electrons. The summed E-state index contributed by atoms with van der Waals surface area (Å²) in [7, 11) is 0. The molecule has 0 aliphatic carbocycles. The molecule has 2 amide bonds. The van der Waals surface area contributed by atoms with Gasteiger partial charge in [0.05, 0.1) is 23.7 Å². The van der Waals surface area contributed by atoms with E-state index in [2.05, 4.69) is 15.6 Å². The van der Waals surface area contributed by atoms with Gasteiger partial charge in [-0.3, -0.25) is 19.5 Å². The first-order chi connectivity index (χ1) is 13.8. The number of carbonyl (C=O) groups excluding carboxylic acids is 2. The molecule has 1 aromatic heterocycles. The predicted molar refractivity (Wildman–Crippen MR) is 99.4 cm³/mol. The fourth-order valence-corrected chi connectivity index (χ4v) is 3.13. The molecule has 2 N–H and O–H groups in total. The van der Waals surface area contributed by atoms with E-state index < -0.39 is 17.8 Å². The molecule has 0 spiro atoms. The van der Waals surface area contributed by atoms with Gasteiger partial charge in [0.15, 0.2) is 0 Å². The highest BCUT2D eigenvalue weighted by Crippen LogP contribution is 2.29. The number of nitrogens with zero attached hydrogens (tertiary/aromatic N) is 2. The maximum absolute atomic E-state index is 12.6. The summed E-state index contributed by atoms with van der Waals surface area (Å²) in [6.07, 6.45) is -2.77. The molecule has 9 heteroatoms. The van der Waals surface area contributed by atoms with Crippen LogP contribution in [0.25, 0.3) is 0 Å². The van der Waals surface area contributed by atoms with Crippen LogP contribution in [0.2, 0.25) is 0 Å². The summed E-state index contributed by atoms with van der Waals surface area (Å²) in [4.78, 5) is 30.8. The fourth-order valence-electron chi connectivity index (χ4n) is 3.13. The first kappa shape index (κ1) is 20.8. The molecule has 3 rings (SSSR count). The lowest BCUT2D eigenvalue weighted by Crippen LogP contribution is -2.56. The third-order valence-corrected chi connectivity index (χ3v) is 4.68. The number of rotatable bonds is 6. The van der Waals surface area contributed by atoms with Crippen LogP contribution in [-0.2, 0) is 28.9 Å². The van der Waals surface area contributed by atoms with Gasteiger partial charge >= 0.3 is 6.18 Å². The summed E-state index contributed by atoms with van der Waals surface area (Å²) in [6.45, 7) is 1.63. The number of hydrogen-bond donors (Lipinski definition) is 2. The van der Waals surface area contributed by atoms with Crippen LogP contribution in [-0.4, -0.2) is 40.8 Å². The molecule has 0 saturated carbocycles. The van der Waals surface area contributed by atoms with Gasteiger partial charge < -0.3 is 10.6 Å². The summed E-state index contributed by atoms with van der Waals surface area (Å²) < 4.78 is 37.8. The van der Waals surface area contributed by atoms with E-state index in [0.717, 1.165) is 17.8 Å². The number of amides is 2. The van der Waals surface area contributed by atoms with Gasteiger partial charge in [-0.15, -0.1) is 0 Å². The second-order valence-electron chi connectivity index (χ2n) is 6.77. The van der Waals surface area contributed by atoms with Crippen molar-refractivity contribution in [3.05, 3.63) is 65.5 Å². The summed E-state index contributed by atoms with van der Waals surface area (Å²) >= 11 is 0. The third kappa shape index (κ3) is 5.77. The maximum Gasteiger partial charge on any atom is 0.416 e. The monoisotopic (exact) mass is 406 g/mol. The first-order valence-electron chi connectivity index (χ1n) is 9.17. The molecule has 29 heavy (non-hydrogen) atoms. The number of halogens is 3. The Hall–Kier alpha value is -2.94. The molecule has 1 saturated heterocycles. The van der Waals surface area contributed by atoms with E-state index in [-0.39, 0.29) is 24.8 Å². The van der Waals surface area contributed by atoms with Crippen LogP contribution in [0, 0.1) is 0 Å². The molecule has 2 heterocycles. The van der Waals surface area contributed by atoms with E-state index >= 15 is 0 Å². The lowest BCUT2D eigenvalue weighted by Gasteiger charge is -2.34. The Morgan fingerprint density at radius 1 is 1.21 bits per heavy atom. The summed E-state index contributed by atoms with van der Waals surface area (Å²) in [5, 5.41) is 5.43. The molecule has 1 fully saturated rings. The molecule has 154 valence electrons. The average Bonchev–Trinajstić information content (AvgIpc) is 2.69. The molecule has 1 aliphatic rings. The van der Waals surface area contributed by atoms with Crippen molar-refractivity contribution in [3.8, 4) is 0 Å². The highest BCUT2D eigenvalue weighted by molar-refractivity contribution is 5.88. The second-order valence-corrected chi connectivity index (χ2v) is 6.77. The van der Waals surface area contributed by atoms with E-state index in [1.807, 2.05) is 17.0 Å². The first-order valence-corrected chi connectivity index (χ1v) is 9.17. The SMILES string of the molecule is O=C(CC1C(=O)NCCN1Cc1ccccn1)NCc1ccc(C(F)(F)F)cc1. The Morgan fingerprint density at radius 3 is 2.62 bits per heavy atom. The average molecular weight is 406 g/mol. The maximum atomic E-state index is 12.6. The largest absolute Gasteiger partial charge is 0.416 e. The van der Waals surface area contributed by atoms with Crippen molar-refractivity contribution >= 4 is 11.8 Å². The zero-order valence-electron chi connectivity index (χ0n) is 15.6. The Labute approximate surface area is 166 Å². The van der Waals surface area contributed by atoms with Gasteiger partial charge in [0.1, 0.15) is 0 Å². The van der Waals surface area contributed by atoms with Gasteiger partial charge in [-0.1, -0.05) is 18.2 Å². The summed E-state index contributed by atoms with van der Waals surface area (Å²) in [6, 6.07) is 9.49. The summed E-state index contributed by atoms with van der Waals surface area (Å²) in [5.41, 5.74) is 0.610. The van der Waals surface area contributed by atoms with E-state index in [1.54, 1.807) is 12.3 Å². The van der Waals surface area contributed by atoms with Crippen molar-refractivity contribution in [1.29, 1.82) is 0 Å². The van der Waals surface area contributed by atoms with Crippen molar-refractivity contribution < 1.29 is 22.8 Å². The predicted octanol–water partition coefficient (Wildman–Crippen LogP) is 2.11. The minimum atomic E-state index is -4.40. The smallest absolute Gasteiger partial charge is 0.353 e. The topological polar surface area (TPSA) is 74.3 Å². The van der Waals surface area contributed by atoms with Crippen molar-refractivity contribution in [2.75, 3.05) is 13.1 Å². The number of carbonyl (C=O) groups is 2. The van der Waals surface area contributed by atoms with Crippen LogP contribution in [0.5, 0.6) is 0 Å². The van der Waals surface area contributed by atoms with Crippen LogP contribution in [0.3, 0.4) is 0 Å². The highest BCUT2D eigenvalue weighted by atomic mass is 19.4. The second kappa shape index (κ2) is 9.04. The van der Waals surface area contributed by atoms with Crippen LogP contribution in [0.15, 0.2) is 48.7 Å². The lowest BCUT2D eigenvalue weighted by atomic mass is 10.1. The molecule has 1 aromatic carbocycles. The van der Waals surface area contributed by atoms with E-state index in [0.29, 0.717) is 25.2 Å². The Balaban J connectivity index is 1.56. The van der Waals surface area contributed by atoms with Crippen LogP contribution in [0.4, 0.5) is 13.2 Å². The van der Waals surface area contributed by atoms with Gasteiger partial charge in [-0.2, -0.15) is 13.2 Å². The van der Waals surface area contributed by atoms with Gasteiger partial charge in [-0.25, -0.2) is 0 Å². The van der Waals surface area contributed by atoms with Crippen LogP contribution >= 0.6 is 0 Å². The molecule has 1 aliphatic heterocycles. The van der Waals surface area contributed by atoms with E-state index in [9.17, 15) is 22.8 Å². The number of nitrogens with one attached hydrogen (secondary N) is 2. The van der Waals surface area contributed by atoms with Gasteiger partial charge in [0, 0.05) is 32.4 Å². The van der Waals surface area contributed by atoms with Gasteiger partial charge in [-0.05, 0) is 29.8 Å². The van der Waals surface area contributed by atoms with Crippen molar-refractivity contribution in [2.24, 2.45) is 0 Å². The number of hydrogen-bond acceptors (Lipinski definition) is 4. The number of benzene rings is 1. The minimum absolute atomic E-state index is 0.0424. The lowest BCUT2D eigenvalue weighted by molar-refractivity contribution is -0.137. The molecular weight excluding hydrogens is 385 g/mol. The molecule has 2 aromatic rings. The van der Waals surface area contributed by atoms with E-state index in [4.69, 9.17) is 0 Å². The van der Waals surface area contributed by atoms with Crippen LogP contribution in [0.1, 0.15) is 23.2 Å². The molecule has 6 nitrogen and oxygen atoms in total. The third-order valence-electron chi connectivity index (χ3n) is 4.68. The van der Waals surface area contributed by atoms with Crippen molar-refractivity contribution in [3.63, 3.8) is 0 Å². The Morgan fingerprint density at radius 2 is 1.97 bits per heavy atom. The molecule has 1 unspecified atom stereocenters. The number of alkyl halides is 3. The van der Waals surface area contributed by atoms with Crippen molar-refractivity contribution in [2.45, 2.75) is 31.7 Å². The number of pyridine rings is 1. The summed E-state index contributed by atoms with van der Waals surface area (Å²) in [5.74, 6) is -0.574. The van der Waals surface area contributed by atoms with Crippen molar-refractivity contribution in [1.82, 2.24) is 20.5 Å².